The van der Waals surface area contributed by atoms with Crippen molar-refractivity contribution < 1.29 is 27.5 Å². The molecule has 0 aliphatic rings. The second kappa shape index (κ2) is 6.98. The summed E-state index contributed by atoms with van der Waals surface area (Å²) in [5.74, 6) is 0.0540. The molecule has 4 nitrogen and oxygen atoms in total. The minimum Gasteiger partial charge on any atom is -0.497 e. The lowest BCUT2D eigenvalue weighted by Crippen LogP contribution is -2.29. The van der Waals surface area contributed by atoms with Gasteiger partial charge in [0.25, 0.3) is 0 Å². The summed E-state index contributed by atoms with van der Waals surface area (Å²) < 4.78 is 40.3. The number of aryl methyl sites for hydroxylation is 1. The van der Waals surface area contributed by atoms with Gasteiger partial charge in [-0.1, -0.05) is 12.1 Å². The number of carbonyl (C=O) groups excluding carboxylic acids is 1. The van der Waals surface area contributed by atoms with Gasteiger partial charge in [0, 0.05) is 6.42 Å². The summed E-state index contributed by atoms with van der Waals surface area (Å²) in [4.78, 5) is 15.3. The van der Waals surface area contributed by atoms with Gasteiger partial charge in [-0.15, -0.1) is 0 Å². The van der Waals surface area contributed by atoms with Crippen LogP contribution in [0.25, 0.3) is 0 Å². The number of hydrogen-bond acceptors (Lipinski definition) is 3. The quantitative estimate of drug-likeness (QED) is 0.811. The molecule has 19 heavy (non-hydrogen) atoms. The zero-order valence-electron chi connectivity index (χ0n) is 10.3. The summed E-state index contributed by atoms with van der Waals surface area (Å²) in [6.07, 6.45) is -4.04. The van der Waals surface area contributed by atoms with E-state index in [2.05, 4.69) is 4.84 Å². The van der Waals surface area contributed by atoms with Gasteiger partial charge in [0.2, 0.25) is 5.91 Å². The van der Waals surface area contributed by atoms with Crippen LogP contribution in [0.1, 0.15) is 12.0 Å². The van der Waals surface area contributed by atoms with Crippen LogP contribution < -0.4 is 10.2 Å². The third kappa shape index (κ3) is 6.66. The number of methoxy groups -OCH3 is 1. The first-order chi connectivity index (χ1) is 8.90. The van der Waals surface area contributed by atoms with Crippen LogP contribution in [0.2, 0.25) is 0 Å². The van der Waals surface area contributed by atoms with E-state index >= 15 is 0 Å². The molecule has 0 unspecified atom stereocenters. The zero-order chi connectivity index (χ0) is 14.3. The van der Waals surface area contributed by atoms with Gasteiger partial charge in [0.05, 0.1) is 7.11 Å². The maximum Gasteiger partial charge on any atom is 0.414 e. The molecule has 0 atom stereocenters. The molecular weight excluding hydrogens is 263 g/mol. The van der Waals surface area contributed by atoms with Crippen molar-refractivity contribution in [1.29, 1.82) is 0 Å². The second-order valence-corrected chi connectivity index (χ2v) is 3.78. The van der Waals surface area contributed by atoms with E-state index in [9.17, 15) is 18.0 Å². The number of hydroxylamine groups is 1. The standard InChI is InChI=1S/C12H14F3NO3/c1-18-10-4-2-3-9(7-10)5-6-11(17)16-19-8-12(13,14)15/h2-4,7H,5-6,8H2,1H3,(H,16,17). The van der Waals surface area contributed by atoms with Crippen LogP contribution >= 0.6 is 0 Å². The third-order valence-electron chi connectivity index (χ3n) is 2.20. The van der Waals surface area contributed by atoms with E-state index in [1.165, 1.54) is 7.11 Å². The fourth-order valence-corrected chi connectivity index (χ4v) is 1.34. The summed E-state index contributed by atoms with van der Waals surface area (Å²) in [7, 11) is 1.52. The Labute approximate surface area is 108 Å². The molecule has 0 spiro atoms. The van der Waals surface area contributed by atoms with Crippen LogP contribution in [-0.2, 0) is 16.1 Å². The molecule has 7 heteroatoms. The van der Waals surface area contributed by atoms with Crippen LogP contribution in [0.3, 0.4) is 0 Å². The van der Waals surface area contributed by atoms with Gasteiger partial charge in [-0.25, -0.2) is 5.48 Å². The fraction of sp³-hybridized carbons (Fsp3) is 0.417. The Morgan fingerprint density at radius 3 is 2.74 bits per heavy atom. The van der Waals surface area contributed by atoms with Crippen molar-refractivity contribution >= 4 is 5.91 Å². The van der Waals surface area contributed by atoms with Crippen LogP contribution in [-0.4, -0.2) is 25.8 Å². The summed E-state index contributed by atoms with van der Waals surface area (Å²) in [5, 5.41) is 0. The Kier molecular flexibility index (Phi) is 5.62. The molecule has 0 saturated carbocycles. The van der Waals surface area contributed by atoms with Gasteiger partial charge >= 0.3 is 6.18 Å². The molecule has 106 valence electrons. The topological polar surface area (TPSA) is 47.6 Å². The lowest BCUT2D eigenvalue weighted by atomic mass is 10.1. The first-order valence-electron chi connectivity index (χ1n) is 5.51. The van der Waals surface area contributed by atoms with Crippen molar-refractivity contribution in [3.63, 3.8) is 0 Å². The van der Waals surface area contributed by atoms with E-state index in [4.69, 9.17) is 4.74 Å². The normalized spacial score (nSPS) is 11.2. The molecule has 0 bridgehead atoms. The first-order valence-corrected chi connectivity index (χ1v) is 5.51. The molecule has 1 amide bonds. The molecule has 0 heterocycles. The van der Waals surface area contributed by atoms with Crippen molar-refractivity contribution in [2.24, 2.45) is 0 Å². The number of halogens is 3. The lowest BCUT2D eigenvalue weighted by Gasteiger charge is -2.08. The molecule has 0 aromatic heterocycles. The van der Waals surface area contributed by atoms with Gasteiger partial charge in [0.1, 0.15) is 5.75 Å². The average molecular weight is 277 g/mol. The van der Waals surface area contributed by atoms with E-state index in [1.807, 2.05) is 0 Å². The minimum absolute atomic E-state index is 0.0328. The Morgan fingerprint density at radius 1 is 1.37 bits per heavy atom. The first kappa shape index (κ1) is 15.3. The van der Waals surface area contributed by atoms with Gasteiger partial charge in [-0.3, -0.25) is 9.63 Å². The number of nitrogens with one attached hydrogen (secondary N) is 1. The Balaban J connectivity index is 2.29. The molecule has 0 aliphatic heterocycles. The molecule has 1 N–H and O–H groups in total. The molecule has 1 aromatic carbocycles. The number of carbonyl (C=O) groups is 1. The lowest BCUT2D eigenvalue weighted by molar-refractivity contribution is -0.191. The number of amides is 1. The van der Waals surface area contributed by atoms with E-state index in [0.29, 0.717) is 12.2 Å². The molecule has 1 aromatic rings. The number of ether oxygens (including phenoxy) is 1. The van der Waals surface area contributed by atoms with Gasteiger partial charge in [0.15, 0.2) is 6.61 Å². The van der Waals surface area contributed by atoms with Crippen molar-refractivity contribution in [1.82, 2.24) is 5.48 Å². The zero-order valence-corrected chi connectivity index (χ0v) is 10.3. The highest BCUT2D eigenvalue weighted by molar-refractivity contribution is 5.75. The van der Waals surface area contributed by atoms with Crippen molar-refractivity contribution in [3.05, 3.63) is 29.8 Å². The van der Waals surface area contributed by atoms with E-state index < -0.39 is 18.7 Å². The summed E-state index contributed by atoms with van der Waals surface area (Å²) in [6, 6.07) is 7.08. The maximum absolute atomic E-state index is 11.8. The smallest absolute Gasteiger partial charge is 0.414 e. The van der Waals surface area contributed by atoms with Crippen LogP contribution in [0.15, 0.2) is 24.3 Å². The molecule has 0 fully saturated rings. The number of rotatable bonds is 6. The number of alkyl halides is 3. The van der Waals surface area contributed by atoms with E-state index in [-0.39, 0.29) is 6.42 Å². The number of hydrogen-bond donors (Lipinski definition) is 1. The van der Waals surface area contributed by atoms with Gasteiger partial charge in [-0.05, 0) is 24.1 Å². The molecule has 0 aliphatic carbocycles. The Hall–Kier alpha value is -1.76. The van der Waals surface area contributed by atoms with Crippen LogP contribution in [0.5, 0.6) is 5.75 Å². The largest absolute Gasteiger partial charge is 0.497 e. The highest BCUT2D eigenvalue weighted by atomic mass is 19.4. The SMILES string of the molecule is COc1cccc(CCC(=O)NOCC(F)(F)F)c1. The molecule has 1 rings (SSSR count). The highest BCUT2D eigenvalue weighted by Gasteiger charge is 2.28. The van der Waals surface area contributed by atoms with Crippen molar-refractivity contribution in [2.45, 2.75) is 19.0 Å². The average Bonchev–Trinajstić information content (AvgIpc) is 2.35. The number of benzene rings is 1. The van der Waals surface area contributed by atoms with Crippen LogP contribution in [0, 0.1) is 0 Å². The van der Waals surface area contributed by atoms with E-state index in [1.54, 1.807) is 29.7 Å². The summed E-state index contributed by atoms with van der Waals surface area (Å²) in [5.41, 5.74) is 2.60. The third-order valence-corrected chi connectivity index (χ3v) is 2.20. The maximum atomic E-state index is 11.8. The summed E-state index contributed by atoms with van der Waals surface area (Å²) in [6.45, 7) is -1.50. The van der Waals surface area contributed by atoms with Crippen LogP contribution in [0.4, 0.5) is 13.2 Å². The predicted octanol–water partition coefficient (Wildman–Crippen LogP) is 2.24. The Morgan fingerprint density at radius 2 is 2.11 bits per heavy atom. The summed E-state index contributed by atoms with van der Waals surface area (Å²) >= 11 is 0. The van der Waals surface area contributed by atoms with Gasteiger partial charge in [-0.2, -0.15) is 13.2 Å². The van der Waals surface area contributed by atoms with Gasteiger partial charge < -0.3 is 4.74 Å². The monoisotopic (exact) mass is 277 g/mol. The second-order valence-electron chi connectivity index (χ2n) is 3.78. The molecule has 0 saturated heterocycles. The van der Waals surface area contributed by atoms with E-state index in [0.717, 1.165) is 5.56 Å². The van der Waals surface area contributed by atoms with Crippen molar-refractivity contribution in [2.75, 3.05) is 13.7 Å². The molecular formula is C12H14F3NO3. The minimum atomic E-state index is -4.46. The Bertz CT molecular complexity index is 421. The molecule has 0 radical (unpaired) electrons. The fourth-order valence-electron chi connectivity index (χ4n) is 1.34. The predicted molar refractivity (Wildman–Crippen MR) is 61.5 cm³/mol. The highest BCUT2D eigenvalue weighted by Crippen LogP contribution is 2.15. The van der Waals surface area contributed by atoms with Crippen molar-refractivity contribution in [3.8, 4) is 5.75 Å².